The maximum Gasteiger partial charge on any atom is 0.357 e. The van der Waals surface area contributed by atoms with Gasteiger partial charge in [0, 0.05) is 17.5 Å². The van der Waals surface area contributed by atoms with Crippen LogP contribution in [-0.4, -0.2) is 40.5 Å². The first-order valence-electron chi connectivity index (χ1n) is 11.2. The molecule has 4 N–H and O–H groups in total. The van der Waals surface area contributed by atoms with Crippen LogP contribution in [-0.2, 0) is 16.0 Å². The number of aromatic nitrogens is 3. The van der Waals surface area contributed by atoms with E-state index in [9.17, 15) is 9.59 Å². The predicted molar refractivity (Wildman–Crippen MR) is 127 cm³/mol. The van der Waals surface area contributed by atoms with Crippen LogP contribution in [0.1, 0.15) is 53.6 Å². The number of rotatable bonds is 8. The zero-order valence-corrected chi connectivity index (χ0v) is 19.4. The normalized spacial score (nSPS) is 19.1. The van der Waals surface area contributed by atoms with Gasteiger partial charge in [-0.1, -0.05) is 30.3 Å². The van der Waals surface area contributed by atoms with Crippen molar-refractivity contribution >= 4 is 23.2 Å². The van der Waals surface area contributed by atoms with Crippen molar-refractivity contribution in [3.05, 3.63) is 59.0 Å². The van der Waals surface area contributed by atoms with Crippen molar-refractivity contribution in [3.63, 3.8) is 0 Å². The van der Waals surface area contributed by atoms with E-state index in [-0.39, 0.29) is 23.6 Å². The number of thiazole rings is 1. The highest BCUT2D eigenvalue weighted by Gasteiger charge is 2.28. The molecule has 2 heterocycles. The summed E-state index contributed by atoms with van der Waals surface area (Å²) in [7, 11) is 1.33. The molecule has 0 spiro atoms. The smallest absolute Gasteiger partial charge is 0.357 e. The molecule has 1 fully saturated rings. The maximum absolute atomic E-state index is 13.1. The molecule has 3 aromatic rings. The molecule has 8 nitrogen and oxygen atoms in total. The lowest BCUT2D eigenvalue weighted by molar-refractivity contribution is -0.127. The van der Waals surface area contributed by atoms with Crippen LogP contribution >= 0.6 is 11.3 Å². The number of methoxy groups -OCH3 is 1. The second-order valence-electron chi connectivity index (χ2n) is 8.40. The minimum absolute atomic E-state index is 0.00193. The highest BCUT2D eigenvalue weighted by atomic mass is 32.1. The molecule has 0 radical (unpaired) electrons. The first-order valence-corrected chi connectivity index (χ1v) is 12.1. The third kappa shape index (κ3) is 5.66. The summed E-state index contributed by atoms with van der Waals surface area (Å²) in [5.74, 6) is 0.767. The summed E-state index contributed by atoms with van der Waals surface area (Å²) in [6, 6.07) is 9.72. The number of nitrogens with one attached hydrogen (secondary N) is 2. The number of esters is 1. The monoisotopic (exact) mass is 467 g/mol. The van der Waals surface area contributed by atoms with Crippen molar-refractivity contribution in [3.8, 4) is 10.7 Å². The van der Waals surface area contributed by atoms with Crippen molar-refractivity contribution < 1.29 is 14.3 Å². The predicted octanol–water partition coefficient (Wildman–Crippen LogP) is 3.48. The topological polar surface area (TPSA) is 123 Å². The van der Waals surface area contributed by atoms with Gasteiger partial charge in [-0.3, -0.25) is 4.79 Å². The fourth-order valence-electron chi connectivity index (χ4n) is 4.23. The van der Waals surface area contributed by atoms with Gasteiger partial charge in [-0.15, -0.1) is 11.3 Å². The summed E-state index contributed by atoms with van der Waals surface area (Å²) in [6.07, 6.45) is 6.09. The van der Waals surface area contributed by atoms with Gasteiger partial charge in [0.15, 0.2) is 5.69 Å². The van der Waals surface area contributed by atoms with Crippen LogP contribution in [0.2, 0.25) is 0 Å². The summed E-state index contributed by atoms with van der Waals surface area (Å²) >= 11 is 1.32. The van der Waals surface area contributed by atoms with Crippen LogP contribution < -0.4 is 11.1 Å². The Morgan fingerprint density at radius 2 is 1.97 bits per heavy atom. The minimum Gasteiger partial charge on any atom is -0.464 e. The number of ether oxygens (including phenoxy) is 1. The van der Waals surface area contributed by atoms with Crippen molar-refractivity contribution in [2.45, 2.75) is 38.1 Å². The number of imidazole rings is 1. The number of hydrogen-bond donors (Lipinski definition) is 3. The van der Waals surface area contributed by atoms with Gasteiger partial charge in [0.1, 0.15) is 16.5 Å². The largest absolute Gasteiger partial charge is 0.464 e. The van der Waals surface area contributed by atoms with E-state index in [4.69, 9.17) is 15.5 Å². The molecule has 1 aliphatic rings. The number of nitrogens with zero attached hydrogens (tertiary/aromatic N) is 2. The van der Waals surface area contributed by atoms with Gasteiger partial charge < -0.3 is 20.8 Å². The number of carbonyl (C=O) groups excluding carboxylic acids is 2. The highest BCUT2D eigenvalue weighted by molar-refractivity contribution is 7.13. The Morgan fingerprint density at radius 1 is 1.21 bits per heavy atom. The first-order chi connectivity index (χ1) is 16.1. The summed E-state index contributed by atoms with van der Waals surface area (Å²) in [6.45, 7) is 0.689. The lowest BCUT2D eigenvalue weighted by Crippen LogP contribution is -2.37. The highest BCUT2D eigenvalue weighted by Crippen LogP contribution is 2.30. The van der Waals surface area contributed by atoms with E-state index < -0.39 is 5.97 Å². The van der Waals surface area contributed by atoms with Gasteiger partial charge in [0.05, 0.1) is 13.2 Å². The van der Waals surface area contributed by atoms with E-state index in [1.165, 1.54) is 18.4 Å². The molecular weight excluding hydrogens is 438 g/mol. The number of carbonyl (C=O) groups is 2. The summed E-state index contributed by atoms with van der Waals surface area (Å²) < 4.78 is 4.73. The van der Waals surface area contributed by atoms with Crippen molar-refractivity contribution in [2.24, 2.45) is 17.6 Å². The molecule has 1 saturated carbocycles. The third-order valence-electron chi connectivity index (χ3n) is 6.20. The molecule has 174 valence electrons. The van der Waals surface area contributed by atoms with E-state index in [0.29, 0.717) is 35.4 Å². The number of hydrogen-bond acceptors (Lipinski definition) is 7. The SMILES string of the molecule is COC(=O)c1csc(-c2c[nH]c([C@H](Cc3ccccc3)NC(=O)C3CCC(CN)CC3)n2)n1. The van der Waals surface area contributed by atoms with Gasteiger partial charge in [-0.05, 0) is 50.1 Å². The Kier molecular flexibility index (Phi) is 7.51. The van der Waals surface area contributed by atoms with Gasteiger partial charge in [0.2, 0.25) is 5.91 Å². The van der Waals surface area contributed by atoms with Crippen molar-refractivity contribution in [2.75, 3.05) is 13.7 Å². The Labute approximate surface area is 197 Å². The van der Waals surface area contributed by atoms with Crippen LogP contribution in [0.25, 0.3) is 10.7 Å². The van der Waals surface area contributed by atoms with E-state index in [2.05, 4.69) is 15.3 Å². The number of benzene rings is 1. The van der Waals surface area contributed by atoms with Crippen LogP contribution in [0.5, 0.6) is 0 Å². The van der Waals surface area contributed by atoms with Crippen LogP contribution in [0, 0.1) is 11.8 Å². The third-order valence-corrected chi connectivity index (χ3v) is 7.06. The van der Waals surface area contributed by atoms with Gasteiger partial charge in [-0.2, -0.15) is 0 Å². The molecule has 9 heteroatoms. The molecule has 0 saturated heterocycles. The Hall–Kier alpha value is -3.04. The molecular formula is C24H29N5O3S. The summed E-state index contributed by atoms with van der Waals surface area (Å²) in [5.41, 5.74) is 7.79. The average molecular weight is 468 g/mol. The van der Waals surface area contributed by atoms with Crippen molar-refractivity contribution in [1.29, 1.82) is 0 Å². The molecule has 1 aliphatic carbocycles. The molecule has 0 bridgehead atoms. The number of aromatic amines is 1. The fourth-order valence-corrected chi connectivity index (χ4v) is 4.98. The summed E-state index contributed by atoms with van der Waals surface area (Å²) in [4.78, 5) is 37.1. The molecule has 1 aromatic carbocycles. The van der Waals surface area contributed by atoms with E-state index >= 15 is 0 Å². The van der Waals surface area contributed by atoms with Crippen LogP contribution in [0.4, 0.5) is 0 Å². The van der Waals surface area contributed by atoms with Gasteiger partial charge in [-0.25, -0.2) is 14.8 Å². The second-order valence-corrected chi connectivity index (χ2v) is 9.26. The second kappa shape index (κ2) is 10.7. The standard InChI is InChI=1S/C24H29N5O3S/c1-32-24(31)20-14-33-23(29-20)19-13-26-21(27-19)18(11-15-5-3-2-4-6-15)28-22(30)17-9-7-16(12-25)8-10-17/h2-6,13-14,16-18H,7-12,25H2,1H3,(H,26,27)(H,28,30)/t16?,17?,18-/m0/s1. The average Bonchev–Trinajstić information content (AvgIpc) is 3.54. The summed E-state index contributed by atoms with van der Waals surface area (Å²) in [5, 5.41) is 5.49. The minimum atomic E-state index is -0.480. The van der Waals surface area contributed by atoms with E-state index in [0.717, 1.165) is 31.2 Å². The Morgan fingerprint density at radius 3 is 2.67 bits per heavy atom. The molecule has 2 aromatic heterocycles. The molecule has 0 aliphatic heterocycles. The molecule has 33 heavy (non-hydrogen) atoms. The number of H-pyrrole nitrogens is 1. The lowest BCUT2D eigenvalue weighted by Gasteiger charge is -2.28. The Bertz CT molecular complexity index is 1070. The Balaban J connectivity index is 1.52. The number of amides is 1. The van der Waals surface area contributed by atoms with Crippen LogP contribution in [0.3, 0.4) is 0 Å². The van der Waals surface area contributed by atoms with Gasteiger partial charge in [0.25, 0.3) is 0 Å². The van der Waals surface area contributed by atoms with E-state index in [1.807, 2.05) is 30.3 Å². The fraction of sp³-hybridized carbons (Fsp3) is 0.417. The zero-order chi connectivity index (χ0) is 23.2. The molecule has 1 amide bonds. The van der Waals surface area contributed by atoms with Gasteiger partial charge >= 0.3 is 5.97 Å². The molecule has 1 atom stereocenters. The lowest BCUT2D eigenvalue weighted by atomic mass is 9.81. The van der Waals surface area contributed by atoms with Crippen LogP contribution in [0.15, 0.2) is 41.9 Å². The quantitative estimate of drug-likeness (QED) is 0.436. The van der Waals surface area contributed by atoms with Crippen molar-refractivity contribution in [1.82, 2.24) is 20.3 Å². The molecule has 4 rings (SSSR count). The van der Waals surface area contributed by atoms with E-state index in [1.54, 1.807) is 11.6 Å². The number of nitrogens with two attached hydrogens (primary N) is 1. The molecule has 0 unspecified atom stereocenters. The zero-order valence-electron chi connectivity index (χ0n) is 18.6. The first kappa shape index (κ1) is 23.1. The maximum atomic E-state index is 13.1.